The molecule has 0 fully saturated rings. The second kappa shape index (κ2) is 12.8. The topological polar surface area (TPSA) is 129 Å². The number of hydrogen-bond donors (Lipinski definition) is 3. The molecular formula is C28H37N2O6P. The molecule has 9 heteroatoms. The maximum Gasteiger partial charge on any atom is 0.469 e. The van der Waals surface area contributed by atoms with Crippen LogP contribution in [0, 0.1) is 17.2 Å². The van der Waals surface area contributed by atoms with Crippen molar-refractivity contribution in [3.05, 3.63) is 70.3 Å². The molecule has 2 aromatic rings. The molecule has 0 amide bonds. The number of nitriles is 1. The molecule has 0 aromatic heterocycles. The molecule has 1 aliphatic carbocycles. The van der Waals surface area contributed by atoms with Crippen molar-refractivity contribution in [1.29, 1.82) is 5.26 Å². The summed E-state index contributed by atoms with van der Waals surface area (Å²) in [5.41, 5.74) is 4.35. The van der Waals surface area contributed by atoms with E-state index in [4.69, 9.17) is 9.26 Å². The lowest BCUT2D eigenvalue weighted by Gasteiger charge is -2.31. The van der Waals surface area contributed by atoms with Gasteiger partial charge in [0.2, 0.25) is 0 Å². The molecule has 0 heterocycles. The van der Waals surface area contributed by atoms with Gasteiger partial charge < -0.3 is 19.8 Å². The van der Waals surface area contributed by atoms with E-state index in [1.807, 2.05) is 0 Å². The Morgan fingerprint density at radius 3 is 2.49 bits per heavy atom. The summed E-state index contributed by atoms with van der Waals surface area (Å²) in [7, 11) is -4.76. The molecule has 0 radical (unpaired) electrons. The van der Waals surface area contributed by atoms with Crippen LogP contribution in [-0.4, -0.2) is 40.6 Å². The molecule has 0 bridgehead atoms. The SMILES string of the molecule is CCOC(=O)CCc1ccc(C#N)c(C[C@H](CNC(C)(C)CC2Cc3ccccc3C2)OP(=O)(O)O)c1. The van der Waals surface area contributed by atoms with Crippen LogP contribution in [0.5, 0.6) is 0 Å². The monoisotopic (exact) mass is 528 g/mol. The van der Waals surface area contributed by atoms with Gasteiger partial charge in [0.25, 0.3) is 0 Å². The standard InChI is InChI=1S/C28H37N2O6P/c1-4-35-27(31)12-10-20-9-11-24(18-29)25(13-20)16-26(36-37(32,33)34)19-30-28(2,3)17-21-14-22-7-5-6-8-23(22)15-21/h5-9,11,13,21,26,30H,4,10,12,14-17,19H2,1-3H3,(H2,32,33,34)/t26-/m1/s1. The second-order valence-corrected chi connectivity index (χ2v) is 11.5. The number of rotatable bonds is 13. The summed E-state index contributed by atoms with van der Waals surface area (Å²) in [5.74, 6) is 0.190. The number of carbonyl (C=O) groups excluding carboxylic acids is 1. The van der Waals surface area contributed by atoms with E-state index >= 15 is 0 Å². The molecule has 3 N–H and O–H groups in total. The summed E-state index contributed by atoms with van der Waals surface area (Å²) in [5, 5.41) is 13.1. The highest BCUT2D eigenvalue weighted by Gasteiger charge is 2.30. The van der Waals surface area contributed by atoms with E-state index in [9.17, 15) is 24.4 Å². The summed E-state index contributed by atoms with van der Waals surface area (Å²) < 4.78 is 21.9. The van der Waals surface area contributed by atoms with Gasteiger partial charge in [0.05, 0.1) is 24.3 Å². The molecule has 200 valence electrons. The Morgan fingerprint density at radius 1 is 1.22 bits per heavy atom. The molecule has 0 aliphatic heterocycles. The number of nitrogens with one attached hydrogen (secondary N) is 1. The van der Waals surface area contributed by atoms with Crippen molar-refractivity contribution >= 4 is 13.8 Å². The first-order valence-electron chi connectivity index (χ1n) is 12.7. The normalized spacial score (nSPS) is 14.7. The average molecular weight is 529 g/mol. The molecule has 0 spiro atoms. The van der Waals surface area contributed by atoms with Gasteiger partial charge in [-0.3, -0.25) is 9.32 Å². The first-order valence-corrected chi connectivity index (χ1v) is 14.2. The van der Waals surface area contributed by atoms with Crippen molar-refractivity contribution in [1.82, 2.24) is 5.32 Å². The van der Waals surface area contributed by atoms with Crippen LogP contribution in [0.1, 0.15) is 61.4 Å². The Labute approximate surface area is 219 Å². The minimum atomic E-state index is -4.76. The zero-order valence-electron chi connectivity index (χ0n) is 21.8. The fourth-order valence-corrected chi connectivity index (χ4v) is 5.66. The van der Waals surface area contributed by atoms with Crippen molar-refractivity contribution in [2.24, 2.45) is 5.92 Å². The third kappa shape index (κ3) is 9.37. The van der Waals surface area contributed by atoms with Gasteiger partial charge in [-0.1, -0.05) is 36.4 Å². The highest BCUT2D eigenvalue weighted by Crippen LogP contribution is 2.39. The molecule has 1 atom stereocenters. The van der Waals surface area contributed by atoms with Crippen LogP contribution < -0.4 is 5.32 Å². The van der Waals surface area contributed by atoms with Gasteiger partial charge in [0, 0.05) is 24.9 Å². The first kappa shape index (κ1) is 29.0. The zero-order chi connectivity index (χ0) is 27.1. The molecule has 1 aliphatic rings. The predicted octanol–water partition coefficient (Wildman–Crippen LogP) is 4.25. The van der Waals surface area contributed by atoms with Crippen molar-refractivity contribution in [3.8, 4) is 6.07 Å². The van der Waals surface area contributed by atoms with Crippen LogP contribution in [0.2, 0.25) is 0 Å². The van der Waals surface area contributed by atoms with Crippen LogP contribution in [0.4, 0.5) is 0 Å². The van der Waals surface area contributed by atoms with Crippen molar-refractivity contribution in [2.75, 3.05) is 13.2 Å². The number of nitrogens with zero attached hydrogens (tertiary/aromatic N) is 1. The highest BCUT2D eigenvalue weighted by molar-refractivity contribution is 7.46. The summed E-state index contributed by atoms with van der Waals surface area (Å²) >= 11 is 0. The highest BCUT2D eigenvalue weighted by atomic mass is 31.2. The van der Waals surface area contributed by atoms with Gasteiger partial charge in [-0.05, 0) is 80.7 Å². The van der Waals surface area contributed by atoms with Crippen molar-refractivity contribution in [2.45, 2.75) is 70.9 Å². The quantitative estimate of drug-likeness (QED) is 0.260. The largest absolute Gasteiger partial charge is 0.469 e. The lowest BCUT2D eigenvalue weighted by atomic mass is 9.88. The van der Waals surface area contributed by atoms with Gasteiger partial charge in [0.1, 0.15) is 0 Å². The molecule has 8 nitrogen and oxygen atoms in total. The third-order valence-corrected chi connectivity index (χ3v) is 7.26. The molecular weight excluding hydrogens is 491 g/mol. The predicted molar refractivity (Wildman–Crippen MR) is 141 cm³/mol. The maximum atomic E-state index is 11.7. The lowest BCUT2D eigenvalue weighted by Crippen LogP contribution is -2.45. The molecule has 0 unspecified atom stereocenters. The van der Waals surface area contributed by atoms with Crippen LogP contribution in [0.15, 0.2) is 42.5 Å². The summed E-state index contributed by atoms with van der Waals surface area (Å²) in [4.78, 5) is 30.8. The van der Waals surface area contributed by atoms with Gasteiger partial charge in [-0.2, -0.15) is 5.26 Å². The number of fused-ring (bicyclic) bond motifs is 1. The van der Waals surface area contributed by atoms with E-state index < -0.39 is 13.9 Å². The number of carbonyl (C=O) groups is 1. The smallest absolute Gasteiger partial charge is 0.466 e. The van der Waals surface area contributed by atoms with Gasteiger partial charge >= 0.3 is 13.8 Å². The number of aryl methyl sites for hydroxylation is 1. The summed E-state index contributed by atoms with van der Waals surface area (Å²) in [6.45, 7) is 6.44. The number of ether oxygens (including phenoxy) is 1. The number of esters is 1. The number of benzene rings is 2. The van der Waals surface area contributed by atoms with Gasteiger partial charge in [-0.25, -0.2) is 4.57 Å². The fourth-order valence-electron chi connectivity index (χ4n) is 5.12. The minimum absolute atomic E-state index is 0.138. The lowest BCUT2D eigenvalue weighted by molar-refractivity contribution is -0.143. The Morgan fingerprint density at radius 2 is 1.89 bits per heavy atom. The number of phosphoric acid groups is 1. The zero-order valence-corrected chi connectivity index (χ0v) is 22.7. The van der Waals surface area contributed by atoms with E-state index in [-0.39, 0.29) is 30.9 Å². The van der Waals surface area contributed by atoms with Crippen LogP contribution in [0.25, 0.3) is 0 Å². The Bertz CT molecular complexity index is 1140. The third-order valence-electron chi connectivity index (χ3n) is 6.69. The van der Waals surface area contributed by atoms with Gasteiger partial charge in [-0.15, -0.1) is 0 Å². The van der Waals surface area contributed by atoms with Crippen LogP contribution in [0.3, 0.4) is 0 Å². The number of hydrogen-bond acceptors (Lipinski definition) is 6. The molecule has 0 saturated heterocycles. The van der Waals surface area contributed by atoms with Crippen LogP contribution in [-0.2, 0) is 44.3 Å². The van der Waals surface area contributed by atoms with E-state index in [0.717, 1.165) is 24.8 Å². The first-order chi connectivity index (χ1) is 17.5. The van der Waals surface area contributed by atoms with E-state index in [2.05, 4.69) is 49.5 Å². The Kier molecular flexibility index (Phi) is 10.1. The number of phosphoric ester groups is 1. The average Bonchev–Trinajstić information content (AvgIpc) is 3.22. The summed E-state index contributed by atoms with van der Waals surface area (Å²) in [6, 6.07) is 15.9. The van der Waals surface area contributed by atoms with Crippen molar-refractivity contribution < 1.29 is 28.4 Å². The molecule has 3 rings (SSSR count). The van der Waals surface area contributed by atoms with E-state index in [0.29, 0.717) is 30.1 Å². The molecule has 2 aromatic carbocycles. The van der Waals surface area contributed by atoms with Crippen molar-refractivity contribution in [3.63, 3.8) is 0 Å². The van der Waals surface area contributed by atoms with Crippen LogP contribution >= 0.6 is 7.82 Å². The second-order valence-electron chi connectivity index (χ2n) is 10.3. The molecule has 0 saturated carbocycles. The minimum Gasteiger partial charge on any atom is -0.466 e. The van der Waals surface area contributed by atoms with E-state index in [1.54, 1.807) is 25.1 Å². The fraction of sp³-hybridized carbons (Fsp3) is 0.500. The maximum absolute atomic E-state index is 11.7. The Hall–Kier alpha value is -2.53. The summed E-state index contributed by atoms with van der Waals surface area (Å²) in [6.07, 6.45) is 2.88. The Balaban J connectivity index is 1.67. The van der Waals surface area contributed by atoms with Gasteiger partial charge in [0.15, 0.2) is 0 Å². The van der Waals surface area contributed by atoms with E-state index in [1.165, 1.54) is 11.1 Å². The molecule has 37 heavy (non-hydrogen) atoms.